The number of halogens is 2. The van der Waals surface area contributed by atoms with E-state index in [9.17, 15) is 0 Å². The van der Waals surface area contributed by atoms with E-state index in [1.165, 1.54) is 0 Å². The Balaban J connectivity index is 2.51. The fraction of sp³-hybridized carbons (Fsp3) is 0.333. The van der Waals surface area contributed by atoms with Gasteiger partial charge in [-0.05, 0) is 31.7 Å². The van der Waals surface area contributed by atoms with Crippen molar-refractivity contribution in [3.63, 3.8) is 0 Å². The molecule has 1 unspecified atom stereocenters. The maximum Gasteiger partial charge on any atom is 0.154 e. The van der Waals surface area contributed by atoms with E-state index in [1.807, 2.05) is 13.0 Å². The molecular formula is C12H13Cl2NO. The highest BCUT2D eigenvalue weighted by molar-refractivity contribution is 6.39. The molecule has 0 radical (unpaired) electrons. The molecule has 16 heavy (non-hydrogen) atoms. The molecular weight excluding hydrogens is 245 g/mol. The van der Waals surface area contributed by atoms with Crippen LogP contribution in [0.5, 0.6) is 0 Å². The molecule has 1 aromatic heterocycles. The molecule has 0 fully saturated rings. The second-order valence-corrected chi connectivity index (χ2v) is 4.51. The quantitative estimate of drug-likeness (QED) is 0.882. The molecule has 1 aromatic carbocycles. The first-order valence-corrected chi connectivity index (χ1v) is 6.00. The predicted molar refractivity (Wildman–Crippen MR) is 68.3 cm³/mol. The summed E-state index contributed by atoms with van der Waals surface area (Å²) >= 11 is 12.1. The van der Waals surface area contributed by atoms with E-state index in [4.69, 9.17) is 27.6 Å². The van der Waals surface area contributed by atoms with Gasteiger partial charge in [0, 0.05) is 5.39 Å². The summed E-state index contributed by atoms with van der Waals surface area (Å²) in [6.07, 6.45) is 0. The third kappa shape index (κ3) is 2.05. The van der Waals surface area contributed by atoms with E-state index >= 15 is 0 Å². The second-order valence-electron chi connectivity index (χ2n) is 3.70. The summed E-state index contributed by atoms with van der Waals surface area (Å²) in [5.41, 5.74) is 0.661. The molecule has 4 heteroatoms. The van der Waals surface area contributed by atoms with Crippen molar-refractivity contribution >= 4 is 34.2 Å². The molecule has 1 heterocycles. The Hall–Kier alpha value is -0.700. The molecule has 0 aliphatic heterocycles. The highest BCUT2D eigenvalue weighted by Gasteiger charge is 2.14. The number of furan rings is 1. The van der Waals surface area contributed by atoms with Crippen LogP contribution in [0.1, 0.15) is 25.6 Å². The first-order chi connectivity index (χ1) is 7.63. The van der Waals surface area contributed by atoms with Crippen LogP contribution in [0, 0.1) is 0 Å². The van der Waals surface area contributed by atoms with Crippen LogP contribution < -0.4 is 5.32 Å². The summed E-state index contributed by atoms with van der Waals surface area (Å²) in [6.45, 7) is 4.99. The third-order valence-electron chi connectivity index (χ3n) is 2.54. The number of hydrogen-bond acceptors (Lipinski definition) is 2. The summed E-state index contributed by atoms with van der Waals surface area (Å²) in [5.74, 6) is 0.854. The monoisotopic (exact) mass is 257 g/mol. The minimum Gasteiger partial charge on any atom is -0.458 e. The van der Waals surface area contributed by atoms with Gasteiger partial charge in [-0.2, -0.15) is 0 Å². The topological polar surface area (TPSA) is 25.2 Å². The SMILES string of the molecule is CCNC(C)c1cc2c(Cl)ccc(Cl)c2o1. The van der Waals surface area contributed by atoms with Crippen LogP contribution in [0.25, 0.3) is 11.0 Å². The van der Waals surface area contributed by atoms with Gasteiger partial charge >= 0.3 is 0 Å². The Morgan fingerprint density at radius 1 is 1.31 bits per heavy atom. The number of benzene rings is 1. The second kappa shape index (κ2) is 4.66. The Morgan fingerprint density at radius 3 is 2.62 bits per heavy atom. The molecule has 0 saturated carbocycles. The van der Waals surface area contributed by atoms with Crippen molar-refractivity contribution in [2.24, 2.45) is 0 Å². The summed E-state index contributed by atoms with van der Waals surface area (Å²) in [5, 5.41) is 5.41. The van der Waals surface area contributed by atoms with Crippen LogP contribution in [-0.4, -0.2) is 6.54 Å². The molecule has 0 bridgehead atoms. The zero-order valence-electron chi connectivity index (χ0n) is 9.18. The van der Waals surface area contributed by atoms with Crippen molar-refractivity contribution in [3.05, 3.63) is 34.0 Å². The van der Waals surface area contributed by atoms with Gasteiger partial charge in [-0.15, -0.1) is 0 Å². The lowest BCUT2D eigenvalue weighted by Gasteiger charge is -2.07. The van der Waals surface area contributed by atoms with Crippen LogP contribution >= 0.6 is 23.2 Å². The van der Waals surface area contributed by atoms with Crippen LogP contribution in [0.3, 0.4) is 0 Å². The van der Waals surface area contributed by atoms with E-state index in [2.05, 4.69) is 12.2 Å². The number of rotatable bonds is 3. The van der Waals surface area contributed by atoms with Gasteiger partial charge in [0.1, 0.15) is 5.76 Å². The maximum atomic E-state index is 6.09. The van der Waals surface area contributed by atoms with Gasteiger partial charge in [0.2, 0.25) is 0 Å². The zero-order chi connectivity index (χ0) is 11.7. The van der Waals surface area contributed by atoms with Gasteiger partial charge in [0.15, 0.2) is 5.58 Å². The van der Waals surface area contributed by atoms with Gasteiger partial charge in [-0.3, -0.25) is 0 Å². The lowest BCUT2D eigenvalue weighted by molar-refractivity contribution is 0.459. The number of nitrogens with one attached hydrogen (secondary N) is 1. The van der Waals surface area contributed by atoms with Crippen molar-refractivity contribution < 1.29 is 4.42 Å². The number of fused-ring (bicyclic) bond motifs is 1. The summed E-state index contributed by atoms with van der Waals surface area (Å²) in [6, 6.07) is 5.63. The molecule has 2 nitrogen and oxygen atoms in total. The van der Waals surface area contributed by atoms with Crippen LogP contribution in [0.2, 0.25) is 10.0 Å². The molecule has 86 valence electrons. The van der Waals surface area contributed by atoms with Gasteiger partial charge in [0.05, 0.1) is 16.1 Å². The molecule has 0 saturated heterocycles. The Labute approximate surface area is 105 Å². The predicted octanol–water partition coefficient (Wildman–Crippen LogP) is 4.41. The van der Waals surface area contributed by atoms with Crippen molar-refractivity contribution in [1.82, 2.24) is 5.32 Å². The van der Waals surface area contributed by atoms with Crippen LogP contribution in [0.4, 0.5) is 0 Å². The molecule has 0 amide bonds. The molecule has 2 rings (SSSR count). The largest absolute Gasteiger partial charge is 0.458 e. The van der Waals surface area contributed by atoms with Crippen LogP contribution in [0.15, 0.2) is 22.6 Å². The van der Waals surface area contributed by atoms with E-state index in [-0.39, 0.29) is 6.04 Å². The Morgan fingerprint density at radius 2 is 2.00 bits per heavy atom. The molecule has 1 N–H and O–H groups in total. The summed E-state index contributed by atoms with van der Waals surface area (Å²) in [4.78, 5) is 0. The van der Waals surface area contributed by atoms with Crippen molar-refractivity contribution in [3.8, 4) is 0 Å². The van der Waals surface area contributed by atoms with Crippen molar-refractivity contribution in [1.29, 1.82) is 0 Å². The van der Waals surface area contributed by atoms with Gasteiger partial charge in [-0.25, -0.2) is 0 Å². The average molecular weight is 258 g/mol. The first kappa shape index (κ1) is 11.8. The van der Waals surface area contributed by atoms with E-state index in [0.717, 1.165) is 17.7 Å². The Kier molecular flexibility index (Phi) is 3.43. The average Bonchev–Trinajstić information content (AvgIpc) is 2.70. The highest BCUT2D eigenvalue weighted by atomic mass is 35.5. The van der Waals surface area contributed by atoms with Gasteiger partial charge < -0.3 is 9.73 Å². The minimum absolute atomic E-state index is 0.157. The Bertz CT molecular complexity index is 468. The molecule has 0 spiro atoms. The fourth-order valence-electron chi connectivity index (χ4n) is 1.70. The molecule has 0 aliphatic carbocycles. The van der Waals surface area contributed by atoms with Gasteiger partial charge in [-0.1, -0.05) is 30.1 Å². The number of hydrogen-bond donors (Lipinski definition) is 1. The normalized spacial score (nSPS) is 13.2. The molecule has 0 aliphatic rings. The van der Waals surface area contributed by atoms with Crippen molar-refractivity contribution in [2.75, 3.05) is 6.54 Å². The lowest BCUT2D eigenvalue weighted by Crippen LogP contribution is -2.16. The van der Waals surface area contributed by atoms with E-state index in [1.54, 1.807) is 12.1 Å². The summed E-state index contributed by atoms with van der Waals surface area (Å²) < 4.78 is 5.72. The third-order valence-corrected chi connectivity index (χ3v) is 3.17. The van der Waals surface area contributed by atoms with Gasteiger partial charge in [0.25, 0.3) is 0 Å². The zero-order valence-corrected chi connectivity index (χ0v) is 10.7. The van der Waals surface area contributed by atoms with E-state index in [0.29, 0.717) is 15.6 Å². The lowest BCUT2D eigenvalue weighted by atomic mass is 10.2. The van der Waals surface area contributed by atoms with Crippen LogP contribution in [-0.2, 0) is 0 Å². The first-order valence-electron chi connectivity index (χ1n) is 5.24. The minimum atomic E-state index is 0.157. The summed E-state index contributed by atoms with van der Waals surface area (Å²) in [7, 11) is 0. The van der Waals surface area contributed by atoms with E-state index < -0.39 is 0 Å². The van der Waals surface area contributed by atoms with Crippen molar-refractivity contribution in [2.45, 2.75) is 19.9 Å². The highest BCUT2D eigenvalue weighted by Crippen LogP contribution is 2.34. The standard InChI is InChI=1S/C12H13Cl2NO/c1-3-15-7(2)11-6-8-9(13)4-5-10(14)12(8)16-11/h4-7,15H,3H2,1-2H3. The fourth-order valence-corrected chi connectivity index (χ4v) is 2.10. The smallest absolute Gasteiger partial charge is 0.154 e. The molecule has 1 atom stereocenters. The molecule has 2 aromatic rings. The maximum absolute atomic E-state index is 6.09.